The lowest BCUT2D eigenvalue weighted by atomic mass is 9.89. The Bertz CT molecular complexity index is 1320. The van der Waals surface area contributed by atoms with Crippen LogP contribution in [0.2, 0.25) is 15.1 Å². The van der Waals surface area contributed by atoms with Crippen molar-refractivity contribution in [3.05, 3.63) is 111 Å². The first-order valence-electron chi connectivity index (χ1n) is 9.92. The van der Waals surface area contributed by atoms with Gasteiger partial charge in [-0.05, 0) is 66.1 Å². The van der Waals surface area contributed by atoms with E-state index in [4.69, 9.17) is 34.8 Å². The average Bonchev–Trinajstić information content (AvgIpc) is 2.79. The minimum Gasteiger partial charge on any atom is -0.478 e. The lowest BCUT2D eigenvalue weighted by molar-refractivity contribution is -0.133. The number of hydrogen-bond donors (Lipinski definition) is 1. The third-order valence-corrected chi connectivity index (χ3v) is 8.10. The Labute approximate surface area is 206 Å². The minimum absolute atomic E-state index is 0.00419. The van der Waals surface area contributed by atoms with Gasteiger partial charge in [0.25, 0.3) is 0 Å². The molecular weight excluding hydrogens is 505 g/mol. The maximum Gasteiger partial charge on any atom is 0.333 e. The highest BCUT2D eigenvalue weighted by molar-refractivity contribution is 7.89. The zero-order chi connectivity index (χ0) is 23.8. The maximum atomic E-state index is 14.0. The molecule has 3 aromatic carbocycles. The second-order valence-corrected chi connectivity index (χ2v) is 10.7. The van der Waals surface area contributed by atoms with Gasteiger partial charge in [0.1, 0.15) is 0 Å². The first-order valence-corrected chi connectivity index (χ1v) is 12.5. The number of aliphatic carboxylic acids is 1. The van der Waals surface area contributed by atoms with Crippen LogP contribution in [0.15, 0.2) is 89.3 Å². The number of carbonyl (C=O) groups is 1. The fourth-order valence-corrected chi connectivity index (χ4v) is 6.21. The monoisotopic (exact) mass is 521 g/mol. The van der Waals surface area contributed by atoms with Crippen LogP contribution in [0.1, 0.15) is 29.6 Å². The molecule has 1 unspecified atom stereocenters. The standard InChI is InChI=1S/C24H18Cl3NO4S/c25-17-6-4-15(5-7-17)22-13-12-21(24(29)30)23(16-2-1-3-19(27)14-16)28(22)33(31,32)20-10-8-18(26)9-11-20/h1-12,14,22-23H,13H2,(H,29,30)/t22?,23-/m0/s1. The third-order valence-electron chi connectivity index (χ3n) is 5.47. The fraction of sp³-hybridized carbons (Fsp3) is 0.125. The van der Waals surface area contributed by atoms with Crippen molar-refractivity contribution in [3.63, 3.8) is 0 Å². The van der Waals surface area contributed by atoms with E-state index in [9.17, 15) is 18.3 Å². The molecule has 0 bridgehead atoms. The Morgan fingerprint density at radius 2 is 1.45 bits per heavy atom. The van der Waals surface area contributed by atoms with E-state index in [1.165, 1.54) is 28.6 Å². The highest BCUT2D eigenvalue weighted by Crippen LogP contribution is 2.46. The lowest BCUT2D eigenvalue weighted by Gasteiger charge is -2.40. The molecule has 0 aliphatic carbocycles. The highest BCUT2D eigenvalue weighted by Gasteiger charge is 2.44. The number of hydrogen-bond acceptors (Lipinski definition) is 3. The Morgan fingerprint density at radius 3 is 2.03 bits per heavy atom. The van der Waals surface area contributed by atoms with Crippen LogP contribution in [0.5, 0.6) is 0 Å². The molecule has 1 aliphatic heterocycles. The van der Waals surface area contributed by atoms with Gasteiger partial charge in [-0.1, -0.05) is 65.1 Å². The zero-order valence-corrected chi connectivity index (χ0v) is 20.1. The molecule has 3 aromatic rings. The average molecular weight is 523 g/mol. The Hall–Kier alpha value is -2.35. The number of carboxylic acids is 1. The van der Waals surface area contributed by atoms with E-state index in [-0.39, 0.29) is 16.9 Å². The number of nitrogens with zero attached hydrogens (tertiary/aromatic N) is 1. The molecule has 0 saturated carbocycles. The molecule has 5 nitrogen and oxygen atoms in total. The van der Waals surface area contributed by atoms with Gasteiger partial charge in [0.05, 0.1) is 22.6 Å². The van der Waals surface area contributed by atoms with Crippen LogP contribution in [0.4, 0.5) is 0 Å². The summed E-state index contributed by atoms with van der Waals surface area (Å²) in [4.78, 5) is 12.2. The van der Waals surface area contributed by atoms with Crippen LogP contribution in [0.25, 0.3) is 0 Å². The van der Waals surface area contributed by atoms with Crippen molar-refractivity contribution >= 4 is 50.8 Å². The van der Waals surface area contributed by atoms with Crippen molar-refractivity contribution in [1.29, 1.82) is 0 Å². The molecule has 1 heterocycles. The summed E-state index contributed by atoms with van der Waals surface area (Å²) >= 11 is 18.2. The van der Waals surface area contributed by atoms with Crippen LogP contribution in [-0.4, -0.2) is 23.8 Å². The molecule has 0 aromatic heterocycles. The van der Waals surface area contributed by atoms with Crippen LogP contribution >= 0.6 is 34.8 Å². The predicted molar refractivity (Wildman–Crippen MR) is 129 cm³/mol. The highest BCUT2D eigenvalue weighted by atomic mass is 35.5. The van der Waals surface area contributed by atoms with Crippen LogP contribution in [-0.2, 0) is 14.8 Å². The minimum atomic E-state index is -4.17. The largest absolute Gasteiger partial charge is 0.478 e. The maximum absolute atomic E-state index is 14.0. The molecule has 0 amide bonds. The van der Waals surface area contributed by atoms with E-state index in [1.54, 1.807) is 54.6 Å². The number of benzene rings is 3. The second kappa shape index (κ2) is 9.49. The SMILES string of the molecule is O=C(O)C1=CCC(c2ccc(Cl)cc2)N(S(=O)(=O)c2ccc(Cl)cc2)[C@H]1c1cccc(Cl)c1. The number of carboxylic acid groups (broad SMARTS) is 1. The van der Waals surface area contributed by atoms with E-state index in [2.05, 4.69) is 0 Å². The molecule has 0 fully saturated rings. The van der Waals surface area contributed by atoms with Crippen molar-refractivity contribution in [2.45, 2.75) is 23.4 Å². The van der Waals surface area contributed by atoms with Gasteiger partial charge in [0, 0.05) is 15.1 Å². The molecule has 0 spiro atoms. The summed E-state index contributed by atoms with van der Waals surface area (Å²) in [5.74, 6) is -1.20. The summed E-state index contributed by atoms with van der Waals surface area (Å²) < 4.78 is 29.2. The van der Waals surface area contributed by atoms with Gasteiger partial charge in [-0.2, -0.15) is 4.31 Å². The van der Waals surface area contributed by atoms with Gasteiger partial charge in [0.15, 0.2) is 0 Å². The quantitative estimate of drug-likeness (QED) is 0.413. The normalized spacial score (nSPS) is 19.2. The molecule has 1 N–H and O–H groups in total. The topological polar surface area (TPSA) is 74.7 Å². The van der Waals surface area contributed by atoms with Gasteiger partial charge in [-0.15, -0.1) is 0 Å². The van der Waals surface area contributed by atoms with Crippen LogP contribution < -0.4 is 0 Å². The fourth-order valence-electron chi connectivity index (χ4n) is 3.98. The summed E-state index contributed by atoms with van der Waals surface area (Å²) in [5, 5.41) is 11.2. The van der Waals surface area contributed by atoms with Gasteiger partial charge < -0.3 is 5.11 Å². The Morgan fingerprint density at radius 1 is 0.848 bits per heavy atom. The van der Waals surface area contributed by atoms with E-state index < -0.39 is 28.1 Å². The zero-order valence-electron chi connectivity index (χ0n) is 17.0. The summed E-state index contributed by atoms with van der Waals surface area (Å²) in [6.45, 7) is 0. The molecule has 4 rings (SSSR count). The Balaban J connectivity index is 1.97. The van der Waals surface area contributed by atoms with E-state index in [0.717, 1.165) is 0 Å². The molecule has 2 atom stereocenters. The summed E-state index contributed by atoms with van der Waals surface area (Å²) in [5.41, 5.74) is 1.09. The third kappa shape index (κ3) is 4.81. The summed E-state index contributed by atoms with van der Waals surface area (Å²) in [6, 6.07) is 17.4. The van der Waals surface area contributed by atoms with Crippen LogP contribution in [0.3, 0.4) is 0 Å². The number of sulfonamides is 1. The van der Waals surface area contributed by atoms with E-state index >= 15 is 0 Å². The number of rotatable bonds is 5. The summed E-state index contributed by atoms with van der Waals surface area (Å²) in [7, 11) is -4.17. The molecule has 170 valence electrons. The first-order chi connectivity index (χ1) is 15.7. The molecule has 1 aliphatic rings. The van der Waals surface area contributed by atoms with E-state index in [1.807, 2.05) is 0 Å². The van der Waals surface area contributed by atoms with Crippen molar-refractivity contribution in [3.8, 4) is 0 Å². The smallest absolute Gasteiger partial charge is 0.333 e. The van der Waals surface area contributed by atoms with Gasteiger partial charge >= 0.3 is 5.97 Å². The van der Waals surface area contributed by atoms with Gasteiger partial charge in [-0.3, -0.25) is 0 Å². The van der Waals surface area contributed by atoms with Gasteiger partial charge in [-0.25, -0.2) is 13.2 Å². The Kier molecular flexibility index (Phi) is 6.84. The lowest BCUT2D eigenvalue weighted by Crippen LogP contribution is -2.42. The van der Waals surface area contributed by atoms with Crippen molar-refractivity contribution in [1.82, 2.24) is 4.31 Å². The number of halogens is 3. The van der Waals surface area contributed by atoms with Crippen molar-refractivity contribution in [2.75, 3.05) is 0 Å². The predicted octanol–water partition coefficient (Wildman–Crippen LogP) is 6.53. The molecule has 0 saturated heterocycles. The second-order valence-electron chi connectivity index (χ2n) is 7.51. The van der Waals surface area contributed by atoms with Crippen molar-refractivity contribution < 1.29 is 18.3 Å². The van der Waals surface area contributed by atoms with E-state index in [0.29, 0.717) is 26.2 Å². The van der Waals surface area contributed by atoms with Crippen LogP contribution in [0, 0.1) is 0 Å². The summed E-state index contributed by atoms with van der Waals surface area (Å²) in [6.07, 6.45) is 1.74. The molecule has 9 heteroatoms. The molecule has 0 radical (unpaired) electrons. The van der Waals surface area contributed by atoms with Crippen molar-refractivity contribution in [2.24, 2.45) is 0 Å². The molecule has 33 heavy (non-hydrogen) atoms. The molecular formula is C24H18Cl3NO4S. The van der Waals surface area contributed by atoms with Gasteiger partial charge in [0.2, 0.25) is 10.0 Å². The first kappa shape index (κ1) is 23.8.